The SMILES string of the molecule is COc1ccc2c(c1)nc(S(=O)Cc1ncc(C)c(C)c1C)n2S(=O)(=O)c1ccc(C)c(OCC(N)=O)c1. The number of fused-ring (bicyclic) bond motifs is 1. The number of aryl methyl sites for hydroxylation is 2. The Morgan fingerprint density at radius 1 is 1.05 bits per heavy atom. The molecule has 0 aliphatic carbocycles. The van der Waals surface area contributed by atoms with Gasteiger partial charge < -0.3 is 15.2 Å². The number of hydrogen-bond donors (Lipinski definition) is 1. The van der Waals surface area contributed by atoms with Crippen molar-refractivity contribution >= 4 is 37.8 Å². The normalized spacial score (nSPS) is 12.4. The van der Waals surface area contributed by atoms with Crippen molar-refractivity contribution in [3.05, 3.63) is 70.5 Å². The van der Waals surface area contributed by atoms with E-state index in [1.807, 2.05) is 20.8 Å². The molecule has 0 saturated heterocycles. The van der Waals surface area contributed by atoms with E-state index in [4.69, 9.17) is 15.2 Å². The quantitative estimate of drug-likeness (QED) is 0.331. The van der Waals surface area contributed by atoms with Gasteiger partial charge in [0.2, 0.25) is 5.16 Å². The third kappa shape index (κ3) is 5.14. The van der Waals surface area contributed by atoms with Crippen molar-refractivity contribution in [3.8, 4) is 11.5 Å². The maximum Gasteiger partial charge on any atom is 0.270 e. The van der Waals surface area contributed by atoms with E-state index in [0.717, 1.165) is 20.7 Å². The summed E-state index contributed by atoms with van der Waals surface area (Å²) in [5.41, 5.74) is 9.85. The van der Waals surface area contributed by atoms with Gasteiger partial charge in [-0.15, -0.1) is 0 Å². The summed E-state index contributed by atoms with van der Waals surface area (Å²) in [5, 5.41) is -0.145. The van der Waals surface area contributed by atoms with Gasteiger partial charge in [-0.2, -0.15) is 0 Å². The maximum absolute atomic E-state index is 14.0. The molecule has 10 nitrogen and oxygen atoms in total. The van der Waals surface area contributed by atoms with Gasteiger partial charge in [-0.25, -0.2) is 17.4 Å². The lowest BCUT2D eigenvalue weighted by Crippen LogP contribution is -2.21. The van der Waals surface area contributed by atoms with Gasteiger partial charge in [-0.1, -0.05) is 6.07 Å². The zero-order chi connectivity index (χ0) is 27.8. The minimum absolute atomic E-state index is 0.0240. The molecule has 2 aromatic heterocycles. The first-order valence-electron chi connectivity index (χ1n) is 11.6. The number of hydrogen-bond acceptors (Lipinski definition) is 8. The number of nitrogens with two attached hydrogens (primary N) is 1. The molecule has 4 aromatic rings. The van der Waals surface area contributed by atoms with E-state index >= 15 is 0 Å². The topological polar surface area (TPSA) is 143 Å². The first-order valence-corrected chi connectivity index (χ1v) is 14.3. The zero-order valence-electron chi connectivity index (χ0n) is 21.6. The molecule has 0 radical (unpaired) electrons. The fourth-order valence-electron chi connectivity index (χ4n) is 3.88. The molecular formula is C26H28N4O6S2. The largest absolute Gasteiger partial charge is 0.497 e. The molecule has 0 aliphatic heterocycles. The smallest absolute Gasteiger partial charge is 0.270 e. The molecule has 4 rings (SSSR count). The number of primary amides is 1. The third-order valence-electron chi connectivity index (χ3n) is 6.33. The van der Waals surface area contributed by atoms with Crippen molar-refractivity contribution in [2.75, 3.05) is 13.7 Å². The highest BCUT2D eigenvalue weighted by molar-refractivity contribution is 7.91. The Labute approximate surface area is 223 Å². The predicted molar refractivity (Wildman–Crippen MR) is 143 cm³/mol. The van der Waals surface area contributed by atoms with Crippen LogP contribution in [-0.4, -0.2) is 46.2 Å². The monoisotopic (exact) mass is 556 g/mol. The average Bonchev–Trinajstić information content (AvgIpc) is 3.28. The van der Waals surface area contributed by atoms with Gasteiger partial charge in [0.1, 0.15) is 11.5 Å². The van der Waals surface area contributed by atoms with Crippen molar-refractivity contribution in [3.63, 3.8) is 0 Å². The predicted octanol–water partition coefficient (Wildman–Crippen LogP) is 3.08. The second-order valence-electron chi connectivity index (χ2n) is 8.83. The van der Waals surface area contributed by atoms with Gasteiger partial charge in [0.15, 0.2) is 6.61 Å². The molecule has 0 saturated carbocycles. The lowest BCUT2D eigenvalue weighted by molar-refractivity contribution is -0.119. The highest BCUT2D eigenvalue weighted by Crippen LogP contribution is 2.31. The van der Waals surface area contributed by atoms with Crippen LogP contribution in [-0.2, 0) is 31.4 Å². The minimum Gasteiger partial charge on any atom is -0.497 e. The molecule has 1 amide bonds. The summed E-state index contributed by atoms with van der Waals surface area (Å²) in [5.74, 6) is -0.0566. The summed E-state index contributed by atoms with van der Waals surface area (Å²) in [6.07, 6.45) is 1.71. The molecule has 200 valence electrons. The lowest BCUT2D eigenvalue weighted by atomic mass is 10.1. The van der Waals surface area contributed by atoms with Crippen LogP contribution < -0.4 is 15.2 Å². The van der Waals surface area contributed by atoms with E-state index in [-0.39, 0.29) is 27.1 Å². The number of ether oxygens (including phenoxy) is 2. The van der Waals surface area contributed by atoms with E-state index in [0.29, 0.717) is 22.5 Å². The van der Waals surface area contributed by atoms with Gasteiger partial charge in [0.25, 0.3) is 15.9 Å². The number of carbonyl (C=O) groups excluding carboxylic acids is 1. The number of imidazole rings is 1. The Bertz CT molecular complexity index is 1700. The van der Waals surface area contributed by atoms with Gasteiger partial charge in [-0.3, -0.25) is 14.0 Å². The Kier molecular flexibility index (Phi) is 7.56. The first kappa shape index (κ1) is 27.3. The number of nitrogens with zero attached hydrogens (tertiary/aromatic N) is 3. The van der Waals surface area contributed by atoms with Gasteiger partial charge in [0.05, 0.1) is 45.3 Å². The Hall–Kier alpha value is -3.77. The van der Waals surface area contributed by atoms with Crippen LogP contribution in [0.15, 0.2) is 52.6 Å². The van der Waals surface area contributed by atoms with Crippen molar-refractivity contribution in [2.45, 2.75) is 43.5 Å². The van der Waals surface area contributed by atoms with E-state index in [2.05, 4.69) is 9.97 Å². The molecule has 2 N–H and O–H groups in total. The van der Waals surface area contributed by atoms with Crippen LogP contribution in [0.5, 0.6) is 11.5 Å². The number of carbonyl (C=O) groups is 1. The lowest BCUT2D eigenvalue weighted by Gasteiger charge is -2.14. The molecule has 0 fully saturated rings. The van der Waals surface area contributed by atoms with Crippen LogP contribution in [0.1, 0.15) is 27.9 Å². The van der Waals surface area contributed by atoms with E-state index in [1.165, 1.54) is 19.2 Å². The second-order valence-corrected chi connectivity index (χ2v) is 12.0. The summed E-state index contributed by atoms with van der Waals surface area (Å²) >= 11 is 0. The van der Waals surface area contributed by atoms with Gasteiger partial charge >= 0.3 is 0 Å². The summed E-state index contributed by atoms with van der Waals surface area (Å²) < 4.78 is 53.4. The molecule has 2 aromatic carbocycles. The van der Waals surface area contributed by atoms with E-state index in [1.54, 1.807) is 37.4 Å². The number of amides is 1. The fourth-order valence-corrected chi connectivity index (χ4v) is 6.95. The highest BCUT2D eigenvalue weighted by atomic mass is 32.2. The highest BCUT2D eigenvalue weighted by Gasteiger charge is 2.29. The number of aromatic nitrogens is 3. The molecule has 0 aliphatic rings. The molecule has 1 atom stereocenters. The Balaban J connectivity index is 1.87. The number of rotatable bonds is 9. The molecule has 12 heteroatoms. The van der Waals surface area contributed by atoms with E-state index < -0.39 is 33.3 Å². The molecule has 0 spiro atoms. The fraction of sp³-hybridized carbons (Fsp3) is 0.269. The van der Waals surface area contributed by atoms with Crippen LogP contribution in [0.3, 0.4) is 0 Å². The van der Waals surface area contributed by atoms with Gasteiger partial charge in [0, 0.05) is 18.3 Å². The Morgan fingerprint density at radius 2 is 1.79 bits per heavy atom. The number of benzene rings is 2. The van der Waals surface area contributed by atoms with Crippen LogP contribution in [0, 0.1) is 27.7 Å². The summed E-state index contributed by atoms with van der Waals surface area (Å²) in [6, 6.07) is 9.03. The molecule has 1 unspecified atom stereocenters. The first-order chi connectivity index (χ1) is 17.9. The number of methoxy groups -OCH3 is 1. The Morgan fingerprint density at radius 3 is 2.47 bits per heavy atom. The average molecular weight is 557 g/mol. The number of pyridine rings is 1. The maximum atomic E-state index is 14.0. The van der Waals surface area contributed by atoms with Crippen LogP contribution in [0.4, 0.5) is 0 Å². The van der Waals surface area contributed by atoms with Gasteiger partial charge in [-0.05, 0) is 68.1 Å². The van der Waals surface area contributed by atoms with Crippen molar-refractivity contribution in [2.24, 2.45) is 5.73 Å². The summed E-state index contributed by atoms with van der Waals surface area (Å²) in [4.78, 5) is 20.0. The van der Waals surface area contributed by atoms with Crippen LogP contribution in [0.2, 0.25) is 0 Å². The molecule has 2 heterocycles. The van der Waals surface area contributed by atoms with Crippen LogP contribution >= 0.6 is 0 Å². The third-order valence-corrected chi connectivity index (χ3v) is 9.36. The zero-order valence-corrected chi connectivity index (χ0v) is 23.3. The second kappa shape index (κ2) is 10.5. The van der Waals surface area contributed by atoms with Crippen molar-refractivity contribution in [1.82, 2.24) is 13.9 Å². The molecule has 0 bridgehead atoms. The molecular weight excluding hydrogens is 528 g/mol. The summed E-state index contributed by atoms with van der Waals surface area (Å²) in [7, 11) is -4.70. The summed E-state index contributed by atoms with van der Waals surface area (Å²) in [6.45, 7) is 7.10. The van der Waals surface area contributed by atoms with Crippen LogP contribution in [0.25, 0.3) is 11.0 Å². The molecule has 38 heavy (non-hydrogen) atoms. The standard InChI is InChI=1S/C26H28N4O6S2/c1-15-6-8-20(11-24(15)36-13-25(27)31)38(33,34)30-23-9-7-19(35-5)10-21(23)29-26(30)37(32)14-22-18(4)17(3)16(2)12-28-22/h6-12H,13-14H2,1-5H3,(H2,27,31). The van der Waals surface area contributed by atoms with E-state index in [9.17, 15) is 17.4 Å². The van der Waals surface area contributed by atoms with Crippen molar-refractivity contribution in [1.29, 1.82) is 0 Å². The minimum atomic E-state index is -4.31. The van der Waals surface area contributed by atoms with Crippen molar-refractivity contribution < 1.29 is 26.9 Å².